The Kier molecular flexibility index (Phi) is 7.64. The van der Waals surface area contributed by atoms with E-state index in [1.807, 2.05) is 19.1 Å². The monoisotopic (exact) mass is 532 g/mol. The number of rotatable bonds is 7. The molecule has 6 nitrogen and oxygen atoms in total. The molecule has 0 spiro atoms. The molecule has 9 heteroatoms. The molecule has 0 aromatic heterocycles. The van der Waals surface area contributed by atoms with Gasteiger partial charge in [0.1, 0.15) is 6.04 Å². The van der Waals surface area contributed by atoms with Crippen molar-refractivity contribution in [1.29, 1.82) is 0 Å². The van der Waals surface area contributed by atoms with Crippen molar-refractivity contribution >= 4 is 58.3 Å². The van der Waals surface area contributed by atoms with Crippen LogP contribution in [0, 0.1) is 17.8 Å². The van der Waals surface area contributed by atoms with Crippen LogP contribution >= 0.6 is 34.8 Å². The van der Waals surface area contributed by atoms with Crippen molar-refractivity contribution in [3.05, 3.63) is 81.9 Å². The molecule has 0 saturated carbocycles. The largest absolute Gasteiger partial charge is 0.292 e. The average Bonchev–Trinajstić information content (AvgIpc) is 3.10. The summed E-state index contributed by atoms with van der Waals surface area (Å²) in [6.07, 6.45) is 4.16. The van der Waals surface area contributed by atoms with Gasteiger partial charge in [0.2, 0.25) is 0 Å². The molecule has 1 fully saturated rings. The van der Waals surface area contributed by atoms with Crippen molar-refractivity contribution in [1.82, 2.24) is 10.0 Å². The van der Waals surface area contributed by atoms with E-state index in [0.717, 1.165) is 10.0 Å². The third-order valence-corrected chi connectivity index (χ3v) is 7.29. The zero-order valence-electron chi connectivity index (χ0n) is 18.9. The molecular weight excluding hydrogens is 511 g/mol. The Hall–Kier alpha value is -2.67. The predicted molar refractivity (Wildman–Crippen MR) is 134 cm³/mol. The molecule has 2 aliphatic rings. The third-order valence-electron chi connectivity index (χ3n) is 6.49. The maximum atomic E-state index is 13.9. The summed E-state index contributed by atoms with van der Waals surface area (Å²) < 4.78 is 0. The van der Waals surface area contributed by atoms with Crippen molar-refractivity contribution in [2.75, 3.05) is 5.88 Å². The molecule has 0 bridgehead atoms. The Labute approximate surface area is 218 Å². The first-order valence-electron chi connectivity index (χ1n) is 11.2. The number of hydrazine groups is 1. The smallest absolute Gasteiger partial charge is 0.275 e. The third kappa shape index (κ3) is 4.75. The number of amides is 3. The highest BCUT2D eigenvalue weighted by molar-refractivity contribution is 6.34. The number of allylic oxidation sites excluding steroid dienone is 2. The van der Waals surface area contributed by atoms with Gasteiger partial charge >= 0.3 is 0 Å². The summed E-state index contributed by atoms with van der Waals surface area (Å²) in [5, 5.41) is 2.40. The van der Waals surface area contributed by atoms with E-state index < -0.39 is 41.4 Å². The number of nitrogens with zero attached hydrogens (tertiary/aromatic N) is 2. The number of ketones is 1. The van der Waals surface area contributed by atoms with Crippen LogP contribution in [0.2, 0.25) is 10.0 Å². The lowest BCUT2D eigenvalue weighted by atomic mass is 9.78. The maximum Gasteiger partial charge on any atom is 0.275 e. The van der Waals surface area contributed by atoms with E-state index in [0.29, 0.717) is 11.4 Å². The zero-order valence-corrected chi connectivity index (χ0v) is 21.1. The molecule has 0 radical (unpaired) electrons. The molecule has 1 aliphatic carbocycles. The quantitative estimate of drug-likeness (QED) is 0.206. The van der Waals surface area contributed by atoms with E-state index in [1.54, 1.807) is 24.3 Å². The van der Waals surface area contributed by atoms with Crippen LogP contribution in [0.5, 0.6) is 0 Å². The molecule has 1 heterocycles. The lowest BCUT2D eigenvalue weighted by molar-refractivity contribution is -0.156. The van der Waals surface area contributed by atoms with Crippen LogP contribution in [-0.4, -0.2) is 45.4 Å². The van der Waals surface area contributed by atoms with Crippen LogP contribution in [0.3, 0.4) is 0 Å². The second-order valence-corrected chi connectivity index (χ2v) is 9.86. The number of hydrogen-bond donors (Lipinski definition) is 0. The fourth-order valence-corrected chi connectivity index (χ4v) is 5.30. The number of hydrogen-bond acceptors (Lipinski definition) is 4. The van der Waals surface area contributed by atoms with E-state index in [4.69, 9.17) is 34.8 Å². The molecule has 4 rings (SSSR count). The Balaban J connectivity index is 1.83. The molecule has 1 aliphatic heterocycles. The van der Waals surface area contributed by atoms with Gasteiger partial charge in [-0.15, -0.1) is 11.6 Å². The SMILES string of the molecule is C[C@@H]1C=CC[C@@H]2C(=O)N(N(C(=O)c3ccccc3Cl)[C@H](CCCl)C(=O)c3ccc(Cl)cc3)C(=O)[C@@H]12. The summed E-state index contributed by atoms with van der Waals surface area (Å²) >= 11 is 18.4. The maximum absolute atomic E-state index is 13.9. The average molecular weight is 534 g/mol. The summed E-state index contributed by atoms with van der Waals surface area (Å²) in [6, 6.07) is 11.3. The minimum Gasteiger partial charge on any atom is -0.292 e. The first-order valence-corrected chi connectivity index (χ1v) is 12.5. The number of alkyl halides is 1. The van der Waals surface area contributed by atoms with Gasteiger partial charge in [-0.05, 0) is 55.2 Å². The van der Waals surface area contributed by atoms with Gasteiger partial charge in [0.05, 0.1) is 22.4 Å². The zero-order chi connectivity index (χ0) is 25.3. The topological polar surface area (TPSA) is 74.8 Å². The predicted octanol–water partition coefficient (Wildman–Crippen LogP) is 5.43. The molecule has 0 N–H and O–H groups in total. The summed E-state index contributed by atoms with van der Waals surface area (Å²) in [6.45, 7) is 1.86. The lowest BCUT2D eigenvalue weighted by Gasteiger charge is -2.36. The van der Waals surface area contributed by atoms with Crippen LogP contribution in [0.15, 0.2) is 60.7 Å². The highest BCUT2D eigenvalue weighted by atomic mass is 35.5. The highest BCUT2D eigenvalue weighted by Crippen LogP contribution is 2.40. The van der Waals surface area contributed by atoms with Gasteiger partial charge in [0.25, 0.3) is 17.7 Å². The van der Waals surface area contributed by atoms with Gasteiger partial charge in [-0.2, -0.15) is 5.01 Å². The normalized spacial score (nSPS) is 22.2. The van der Waals surface area contributed by atoms with E-state index in [1.165, 1.54) is 24.3 Å². The summed E-state index contributed by atoms with van der Waals surface area (Å²) in [4.78, 5) is 54.7. The first kappa shape index (κ1) is 25.4. The Morgan fingerprint density at radius 3 is 2.37 bits per heavy atom. The van der Waals surface area contributed by atoms with Gasteiger partial charge in [-0.3, -0.25) is 19.2 Å². The van der Waals surface area contributed by atoms with E-state index in [-0.39, 0.29) is 34.4 Å². The van der Waals surface area contributed by atoms with E-state index >= 15 is 0 Å². The minimum atomic E-state index is -1.21. The fourth-order valence-electron chi connectivity index (χ4n) is 4.75. The van der Waals surface area contributed by atoms with Crippen molar-refractivity contribution in [2.45, 2.75) is 25.8 Å². The Bertz CT molecular complexity index is 1200. The molecular formula is C26H23Cl3N2O4. The molecule has 182 valence electrons. The van der Waals surface area contributed by atoms with Gasteiger partial charge < -0.3 is 0 Å². The van der Waals surface area contributed by atoms with Crippen LogP contribution in [-0.2, 0) is 9.59 Å². The first-order chi connectivity index (χ1) is 16.8. The van der Waals surface area contributed by atoms with E-state index in [9.17, 15) is 19.2 Å². The van der Waals surface area contributed by atoms with Gasteiger partial charge in [-0.1, -0.05) is 54.4 Å². The highest BCUT2D eigenvalue weighted by Gasteiger charge is 2.54. The standard InChI is InChI=1S/C26H23Cl3N2O4/c1-15-5-4-7-19-22(15)26(35)31(25(19)34)30(24(33)18-6-2-3-8-20(18)29)21(13-14-27)23(32)16-9-11-17(28)12-10-16/h2-6,8-12,15,19,21-22H,7,13-14H2,1H3/t15-,19+,21-,22+/m1/s1. The van der Waals surface area contributed by atoms with Crippen LogP contribution in [0.4, 0.5) is 0 Å². The van der Waals surface area contributed by atoms with Crippen LogP contribution in [0.25, 0.3) is 0 Å². The number of carbonyl (C=O) groups excluding carboxylic acids is 4. The summed E-state index contributed by atoms with van der Waals surface area (Å²) in [7, 11) is 0. The summed E-state index contributed by atoms with van der Waals surface area (Å²) in [5.74, 6) is -3.62. The molecule has 1 saturated heterocycles. The van der Waals surface area contributed by atoms with Gasteiger partial charge in [0.15, 0.2) is 5.78 Å². The minimum absolute atomic E-state index is 0.0112. The number of benzene rings is 2. The van der Waals surface area contributed by atoms with Crippen LogP contribution in [0.1, 0.15) is 40.5 Å². The number of carbonyl (C=O) groups is 4. The van der Waals surface area contributed by atoms with Crippen LogP contribution < -0.4 is 0 Å². The fraction of sp³-hybridized carbons (Fsp3) is 0.308. The van der Waals surface area contributed by atoms with Gasteiger partial charge in [-0.25, -0.2) is 5.01 Å². The van der Waals surface area contributed by atoms with E-state index in [2.05, 4.69) is 0 Å². The molecule has 2 aromatic rings. The van der Waals surface area contributed by atoms with Crippen molar-refractivity contribution in [3.63, 3.8) is 0 Å². The molecule has 3 amide bonds. The Morgan fingerprint density at radius 1 is 1.06 bits per heavy atom. The second kappa shape index (κ2) is 10.5. The number of imide groups is 1. The lowest BCUT2D eigenvalue weighted by Crippen LogP contribution is -2.57. The molecule has 4 atom stereocenters. The van der Waals surface area contributed by atoms with Gasteiger partial charge in [0, 0.05) is 16.5 Å². The molecule has 2 aromatic carbocycles. The van der Waals surface area contributed by atoms with Crippen molar-refractivity contribution in [3.8, 4) is 0 Å². The summed E-state index contributed by atoms with van der Waals surface area (Å²) in [5.41, 5.74) is 0.340. The number of Topliss-reactive ketones (excluding diaryl/α,β-unsaturated/α-hetero) is 1. The number of halogens is 3. The van der Waals surface area contributed by atoms with Crippen molar-refractivity contribution < 1.29 is 19.2 Å². The Morgan fingerprint density at radius 2 is 1.74 bits per heavy atom. The molecule has 35 heavy (non-hydrogen) atoms. The van der Waals surface area contributed by atoms with Crippen molar-refractivity contribution in [2.24, 2.45) is 17.8 Å². The second-order valence-electron chi connectivity index (χ2n) is 8.64. The number of fused-ring (bicyclic) bond motifs is 1. The molecule has 0 unspecified atom stereocenters.